The molecule has 120 valence electrons. The van der Waals surface area contributed by atoms with E-state index in [1.807, 2.05) is 0 Å². The van der Waals surface area contributed by atoms with Crippen LogP contribution in [0.1, 0.15) is 12.0 Å². The molecule has 0 radical (unpaired) electrons. The molecule has 0 aliphatic carbocycles. The van der Waals surface area contributed by atoms with Crippen LogP contribution in [0.5, 0.6) is 0 Å². The second-order valence-electron chi connectivity index (χ2n) is 5.61. The molecule has 1 aliphatic heterocycles. The predicted octanol–water partition coefficient (Wildman–Crippen LogP) is 3.56. The molecule has 2 aromatic carbocycles. The molecule has 0 unspecified atom stereocenters. The van der Waals surface area contributed by atoms with E-state index in [0.29, 0.717) is 10.8 Å². The Morgan fingerprint density at radius 3 is 2.91 bits per heavy atom. The molecule has 0 spiro atoms. The number of fused-ring (bicyclic) bond motifs is 1. The Labute approximate surface area is 141 Å². The van der Waals surface area contributed by atoms with E-state index in [-0.39, 0.29) is 5.82 Å². The summed E-state index contributed by atoms with van der Waals surface area (Å²) in [6.45, 7) is 2.89. The van der Waals surface area contributed by atoms with Crippen molar-refractivity contribution in [3.05, 3.63) is 59.9 Å². The van der Waals surface area contributed by atoms with E-state index < -0.39 is 0 Å². The summed E-state index contributed by atoms with van der Waals surface area (Å²) < 4.78 is 13.1. The van der Waals surface area contributed by atoms with Gasteiger partial charge >= 0.3 is 0 Å². The maximum atomic E-state index is 13.1. The molecular weight excluding hydrogens is 309 g/mol. The van der Waals surface area contributed by atoms with Crippen LogP contribution in [0.2, 0.25) is 0 Å². The van der Waals surface area contributed by atoms with Gasteiger partial charge in [0.25, 0.3) is 0 Å². The predicted molar refractivity (Wildman–Crippen MR) is 97.6 cm³/mol. The molecule has 0 saturated heterocycles. The summed E-state index contributed by atoms with van der Waals surface area (Å²) in [5, 5.41) is 6.69. The van der Waals surface area contributed by atoms with E-state index in [1.54, 1.807) is 12.1 Å². The zero-order valence-electron chi connectivity index (χ0n) is 12.9. The van der Waals surface area contributed by atoms with Crippen LogP contribution in [0.15, 0.2) is 48.5 Å². The van der Waals surface area contributed by atoms with Crippen molar-refractivity contribution in [3.8, 4) is 0 Å². The summed E-state index contributed by atoms with van der Waals surface area (Å²) in [5.41, 5.74) is 3.45. The molecule has 0 bridgehead atoms. The fourth-order valence-corrected chi connectivity index (χ4v) is 3.07. The Morgan fingerprint density at radius 1 is 1.17 bits per heavy atom. The highest BCUT2D eigenvalue weighted by atomic mass is 32.1. The van der Waals surface area contributed by atoms with Crippen LogP contribution < -0.4 is 15.5 Å². The first kappa shape index (κ1) is 15.7. The normalized spacial score (nSPS) is 12.8. The van der Waals surface area contributed by atoms with E-state index in [2.05, 4.69) is 39.8 Å². The average molecular weight is 329 g/mol. The number of thiocarbonyl (C=S) groups is 1. The summed E-state index contributed by atoms with van der Waals surface area (Å²) in [6.07, 6.45) is 2.13. The monoisotopic (exact) mass is 329 g/mol. The molecule has 2 aromatic rings. The van der Waals surface area contributed by atoms with Gasteiger partial charge in [-0.2, -0.15) is 0 Å². The Hall–Kier alpha value is -2.14. The topological polar surface area (TPSA) is 27.3 Å². The fraction of sp³-hybridized carbons (Fsp3) is 0.278. The number of nitrogens with one attached hydrogen (secondary N) is 2. The second kappa shape index (κ2) is 7.42. The molecule has 0 amide bonds. The van der Waals surface area contributed by atoms with E-state index >= 15 is 0 Å². The molecule has 2 N–H and O–H groups in total. The molecule has 23 heavy (non-hydrogen) atoms. The molecule has 5 heteroatoms. The number of hydrogen-bond donors (Lipinski definition) is 2. The lowest BCUT2D eigenvalue weighted by atomic mass is 10.2. The Kier molecular flexibility index (Phi) is 5.08. The van der Waals surface area contributed by atoms with Gasteiger partial charge in [0.2, 0.25) is 0 Å². The van der Waals surface area contributed by atoms with E-state index in [9.17, 15) is 4.39 Å². The van der Waals surface area contributed by atoms with Crippen LogP contribution in [0.4, 0.5) is 15.8 Å². The third kappa shape index (κ3) is 4.20. The largest absolute Gasteiger partial charge is 0.371 e. The number of halogens is 1. The van der Waals surface area contributed by atoms with Gasteiger partial charge in [-0.3, -0.25) is 0 Å². The minimum absolute atomic E-state index is 0.273. The Morgan fingerprint density at radius 2 is 2.04 bits per heavy atom. The molecule has 3 nitrogen and oxygen atoms in total. The van der Waals surface area contributed by atoms with Crippen molar-refractivity contribution >= 4 is 28.7 Å². The van der Waals surface area contributed by atoms with Gasteiger partial charge in [0.15, 0.2) is 5.11 Å². The highest BCUT2D eigenvalue weighted by Gasteiger charge is 2.17. The van der Waals surface area contributed by atoms with Crippen LogP contribution in [0, 0.1) is 5.82 Å². The van der Waals surface area contributed by atoms with Crippen molar-refractivity contribution in [2.45, 2.75) is 12.8 Å². The van der Waals surface area contributed by atoms with Gasteiger partial charge in [-0.25, -0.2) is 4.39 Å². The van der Waals surface area contributed by atoms with Crippen molar-refractivity contribution in [2.75, 3.05) is 29.9 Å². The number of para-hydroxylation sites is 1. The van der Waals surface area contributed by atoms with Gasteiger partial charge in [0, 0.05) is 31.0 Å². The van der Waals surface area contributed by atoms with Gasteiger partial charge < -0.3 is 15.5 Å². The van der Waals surface area contributed by atoms with Gasteiger partial charge in [-0.15, -0.1) is 0 Å². The van der Waals surface area contributed by atoms with Crippen molar-refractivity contribution in [3.63, 3.8) is 0 Å². The molecule has 3 rings (SSSR count). The van der Waals surface area contributed by atoms with Crippen LogP contribution in [-0.4, -0.2) is 24.7 Å². The van der Waals surface area contributed by atoms with E-state index in [1.165, 1.54) is 23.4 Å². The minimum atomic E-state index is -0.273. The molecule has 1 aliphatic rings. The zero-order chi connectivity index (χ0) is 16.1. The number of benzene rings is 2. The van der Waals surface area contributed by atoms with Crippen molar-refractivity contribution in [2.24, 2.45) is 0 Å². The maximum absolute atomic E-state index is 13.1. The minimum Gasteiger partial charge on any atom is -0.371 e. The van der Waals surface area contributed by atoms with Crippen molar-refractivity contribution in [1.29, 1.82) is 0 Å². The highest BCUT2D eigenvalue weighted by molar-refractivity contribution is 7.80. The van der Waals surface area contributed by atoms with Crippen LogP contribution >= 0.6 is 12.2 Å². The standard InChI is InChI=1S/C18H20FN3S/c19-15-6-3-7-16(13-15)21-18(23)20-10-4-11-22-12-9-14-5-1-2-8-17(14)22/h1-3,5-8,13H,4,9-12H2,(H2,20,21,23). The summed E-state index contributed by atoms with van der Waals surface area (Å²) in [6, 6.07) is 14.9. The van der Waals surface area contributed by atoms with Crippen molar-refractivity contribution in [1.82, 2.24) is 5.32 Å². The highest BCUT2D eigenvalue weighted by Crippen LogP contribution is 2.27. The SMILES string of the molecule is Fc1cccc(NC(=S)NCCCN2CCc3ccccc32)c1. The average Bonchev–Trinajstić information content (AvgIpc) is 2.95. The van der Waals surface area contributed by atoms with Gasteiger partial charge in [-0.05, 0) is 54.9 Å². The molecule has 0 aromatic heterocycles. The third-order valence-electron chi connectivity index (χ3n) is 3.96. The maximum Gasteiger partial charge on any atom is 0.170 e. The molecule has 0 atom stereocenters. The Bertz CT molecular complexity index is 689. The first-order valence-corrected chi connectivity index (χ1v) is 8.26. The fourth-order valence-electron chi connectivity index (χ4n) is 2.85. The van der Waals surface area contributed by atoms with E-state index in [4.69, 9.17) is 12.2 Å². The summed E-state index contributed by atoms with van der Waals surface area (Å²) in [7, 11) is 0. The summed E-state index contributed by atoms with van der Waals surface area (Å²) in [4.78, 5) is 2.42. The lowest BCUT2D eigenvalue weighted by molar-refractivity contribution is 0.628. The first-order chi connectivity index (χ1) is 11.2. The Balaban J connectivity index is 1.40. The summed E-state index contributed by atoms with van der Waals surface area (Å²) in [5.74, 6) is -0.273. The zero-order valence-corrected chi connectivity index (χ0v) is 13.7. The number of nitrogens with zero attached hydrogens (tertiary/aromatic N) is 1. The number of rotatable bonds is 5. The molecule has 0 saturated carbocycles. The second-order valence-corrected chi connectivity index (χ2v) is 6.02. The van der Waals surface area contributed by atoms with Crippen LogP contribution in [0.25, 0.3) is 0 Å². The van der Waals surface area contributed by atoms with Crippen LogP contribution in [0.3, 0.4) is 0 Å². The van der Waals surface area contributed by atoms with Gasteiger partial charge in [0.1, 0.15) is 5.82 Å². The van der Waals surface area contributed by atoms with Crippen LogP contribution in [-0.2, 0) is 6.42 Å². The molecular formula is C18H20FN3S. The lowest BCUT2D eigenvalue weighted by Gasteiger charge is -2.19. The first-order valence-electron chi connectivity index (χ1n) is 7.85. The third-order valence-corrected chi connectivity index (χ3v) is 4.20. The summed E-state index contributed by atoms with van der Waals surface area (Å²) >= 11 is 5.23. The van der Waals surface area contributed by atoms with E-state index in [0.717, 1.165) is 32.5 Å². The number of anilines is 2. The van der Waals surface area contributed by atoms with Gasteiger partial charge in [0.05, 0.1) is 0 Å². The molecule has 1 heterocycles. The van der Waals surface area contributed by atoms with Crippen molar-refractivity contribution < 1.29 is 4.39 Å². The smallest absolute Gasteiger partial charge is 0.170 e. The van der Waals surface area contributed by atoms with Gasteiger partial charge in [-0.1, -0.05) is 24.3 Å². The quantitative estimate of drug-likeness (QED) is 0.648. The number of hydrogen-bond acceptors (Lipinski definition) is 2. The lowest BCUT2D eigenvalue weighted by Crippen LogP contribution is -2.32. The molecule has 0 fully saturated rings.